The van der Waals surface area contributed by atoms with Crippen LogP contribution in [0.1, 0.15) is 6.92 Å². The number of carbonyl (C=O) groups excluding carboxylic acids is 2. The van der Waals surface area contributed by atoms with E-state index in [1.807, 2.05) is 24.3 Å². The first-order chi connectivity index (χ1) is 9.10. The number of aromatic nitrogens is 1. The molecule has 1 heterocycles. The molecule has 5 nitrogen and oxygen atoms in total. The van der Waals surface area contributed by atoms with Crippen molar-refractivity contribution < 1.29 is 9.59 Å². The number of amides is 3. The van der Waals surface area contributed by atoms with Gasteiger partial charge >= 0.3 is 6.03 Å². The molecule has 0 aliphatic carbocycles. The van der Waals surface area contributed by atoms with Crippen LogP contribution in [0.25, 0.3) is 10.2 Å². The Labute approximate surface area is 118 Å². The van der Waals surface area contributed by atoms with Gasteiger partial charge in [0, 0.05) is 7.05 Å². The van der Waals surface area contributed by atoms with Crippen LogP contribution in [0.2, 0.25) is 0 Å². The van der Waals surface area contributed by atoms with E-state index in [2.05, 4.69) is 15.6 Å². The number of imide groups is 1. The van der Waals surface area contributed by atoms with Gasteiger partial charge in [-0.05, 0) is 19.1 Å². The van der Waals surface area contributed by atoms with Crippen molar-refractivity contribution in [3.63, 3.8) is 0 Å². The van der Waals surface area contributed by atoms with Crippen molar-refractivity contribution in [3.8, 4) is 0 Å². The molecule has 0 aliphatic heterocycles. The Hall–Kier alpha value is -1.60. The largest absolute Gasteiger partial charge is 0.341 e. The summed E-state index contributed by atoms with van der Waals surface area (Å²) in [6, 6.07) is 7.31. The molecule has 0 saturated carbocycles. The summed E-state index contributed by atoms with van der Waals surface area (Å²) in [5.74, 6) is -0.330. The molecule has 0 spiro atoms. The first kappa shape index (κ1) is 13.8. The van der Waals surface area contributed by atoms with E-state index in [4.69, 9.17) is 0 Å². The van der Waals surface area contributed by atoms with Gasteiger partial charge in [-0.3, -0.25) is 10.1 Å². The van der Waals surface area contributed by atoms with Gasteiger partial charge in [-0.25, -0.2) is 9.78 Å². The van der Waals surface area contributed by atoms with Crippen molar-refractivity contribution in [2.75, 3.05) is 7.05 Å². The molecule has 0 bridgehead atoms. The zero-order valence-electron chi connectivity index (χ0n) is 10.5. The first-order valence-corrected chi connectivity index (χ1v) is 7.34. The molecule has 0 fully saturated rings. The van der Waals surface area contributed by atoms with E-state index in [-0.39, 0.29) is 11.2 Å². The summed E-state index contributed by atoms with van der Waals surface area (Å²) in [5, 5.41) is 4.22. The van der Waals surface area contributed by atoms with Crippen LogP contribution in [-0.2, 0) is 4.79 Å². The number of thiazole rings is 1. The molecule has 1 aromatic heterocycles. The molecule has 1 atom stereocenters. The highest BCUT2D eigenvalue weighted by Gasteiger charge is 2.18. The zero-order valence-corrected chi connectivity index (χ0v) is 12.1. The normalized spacial score (nSPS) is 12.1. The minimum Gasteiger partial charge on any atom is -0.341 e. The summed E-state index contributed by atoms with van der Waals surface area (Å²) in [4.78, 5) is 27.2. The molecule has 0 aliphatic rings. The van der Waals surface area contributed by atoms with Crippen molar-refractivity contribution in [1.29, 1.82) is 0 Å². The predicted molar refractivity (Wildman–Crippen MR) is 77.5 cm³/mol. The standard InChI is InChI=1S/C12H13N3O2S2/c1-7(10(16)15-11(17)13-2)18-12-14-8-5-3-4-6-9(8)19-12/h3-7H,1-2H3,(H2,13,15,16,17). The van der Waals surface area contributed by atoms with Gasteiger partial charge in [0.2, 0.25) is 5.91 Å². The molecule has 0 saturated heterocycles. The Morgan fingerprint density at radius 1 is 1.37 bits per heavy atom. The number of rotatable bonds is 3. The highest BCUT2D eigenvalue weighted by Crippen LogP contribution is 2.31. The maximum Gasteiger partial charge on any atom is 0.321 e. The lowest BCUT2D eigenvalue weighted by Gasteiger charge is -2.08. The van der Waals surface area contributed by atoms with E-state index in [0.717, 1.165) is 14.6 Å². The average Bonchev–Trinajstić information content (AvgIpc) is 2.80. The quantitative estimate of drug-likeness (QED) is 0.852. The second kappa shape index (κ2) is 6.03. The third-order valence-corrected chi connectivity index (χ3v) is 4.62. The summed E-state index contributed by atoms with van der Waals surface area (Å²) in [6.07, 6.45) is 0. The lowest BCUT2D eigenvalue weighted by molar-refractivity contribution is -0.119. The van der Waals surface area contributed by atoms with E-state index in [0.29, 0.717) is 0 Å². The van der Waals surface area contributed by atoms with Gasteiger partial charge in [0.05, 0.1) is 15.5 Å². The Morgan fingerprint density at radius 3 is 2.79 bits per heavy atom. The molecule has 2 aromatic rings. The predicted octanol–water partition coefficient (Wildman–Crippen LogP) is 2.23. The molecule has 7 heteroatoms. The molecule has 1 aromatic carbocycles. The third-order valence-electron chi connectivity index (χ3n) is 2.38. The molecule has 1 unspecified atom stereocenters. The van der Waals surface area contributed by atoms with E-state index in [9.17, 15) is 9.59 Å². The highest BCUT2D eigenvalue weighted by atomic mass is 32.2. The summed E-state index contributed by atoms with van der Waals surface area (Å²) < 4.78 is 1.91. The second-order valence-electron chi connectivity index (χ2n) is 3.78. The number of para-hydroxylation sites is 1. The minimum absolute atomic E-state index is 0.330. The van der Waals surface area contributed by atoms with Crippen LogP contribution < -0.4 is 10.6 Å². The number of hydrogen-bond donors (Lipinski definition) is 2. The number of benzene rings is 1. The van der Waals surface area contributed by atoms with Gasteiger partial charge in [-0.1, -0.05) is 23.9 Å². The summed E-state index contributed by atoms with van der Waals surface area (Å²) >= 11 is 2.88. The van der Waals surface area contributed by atoms with Crippen LogP contribution in [0.3, 0.4) is 0 Å². The molecule has 2 rings (SSSR count). The monoisotopic (exact) mass is 295 g/mol. The van der Waals surface area contributed by atoms with E-state index < -0.39 is 6.03 Å². The number of hydrogen-bond acceptors (Lipinski definition) is 5. The lowest BCUT2D eigenvalue weighted by atomic mass is 10.3. The maximum absolute atomic E-state index is 11.7. The number of fused-ring (bicyclic) bond motifs is 1. The molecule has 2 N–H and O–H groups in total. The molecule has 0 radical (unpaired) electrons. The molecular formula is C12H13N3O2S2. The number of carbonyl (C=O) groups is 2. The van der Waals surface area contributed by atoms with Crippen LogP contribution in [0.4, 0.5) is 4.79 Å². The van der Waals surface area contributed by atoms with E-state index >= 15 is 0 Å². The van der Waals surface area contributed by atoms with Gasteiger partial charge in [0.25, 0.3) is 0 Å². The van der Waals surface area contributed by atoms with E-state index in [1.54, 1.807) is 6.92 Å². The Morgan fingerprint density at radius 2 is 2.11 bits per heavy atom. The van der Waals surface area contributed by atoms with Crippen LogP contribution >= 0.6 is 23.1 Å². The van der Waals surface area contributed by atoms with E-state index in [1.165, 1.54) is 30.1 Å². The fourth-order valence-corrected chi connectivity index (χ4v) is 3.59. The van der Waals surface area contributed by atoms with Gasteiger partial charge < -0.3 is 5.32 Å². The lowest BCUT2D eigenvalue weighted by Crippen LogP contribution is -2.41. The van der Waals surface area contributed by atoms with Crippen molar-refractivity contribution in [1.82, 2.24) is 15.6 Å². The smallest absolute Gasteiger partial charge is 0.321 e. The fourth-order valence-electron chi connectivity index (χ4n) is 1.38. The highest BCUT2D eigenvalue weighted by molar-refractivity contribution is 8.02. The number of urea groups is 1. The van der Waals surface area contributed by atoms with Gasteiger partial charge in [0.15, 0.2) is 4.34 Å². The van der Waals surface area contributed by atoms with Gasteiger partial charge in [-0.15, -0.1) is 11.3 Å². The first-order valence-electron chi connectivity index (χ1n) is 5.65. The molecular weight excluding hydrogens is 282 g/mol. The van der Waals surface area contributed by atoms with Gasteiger partial charge in [-0.2, -0.15) is 0 Å². The molecule has 19 heavy (non-hydrogen) atoms. The number of thioether (sulfide) groups is 1. The fraction of sp³-hybridized carbons (Fsp3) is 0.250. The van der Waals surface area contributed by atoms with Crippen LogP contribution in [0, 0.1) is 0 Å². The Kier molecular flexibility index (Phi) is 4.39. The summed E-state index contributed by atoms with van der Waals surface area (Å²) in [6.45, 7) is 1.75. The van der Waals surface area contributed by atoms with Gasteiger partial charge in [0.1, 0.15) is 0 Å². The summed E-state index contributed by atoms with van der Waals surface area (Å²) in [7, 11) is 1.47. The zero-order chi connectivity index (χ0) is 13.8. The second-order valence-corrected chi connectivity index (χ2v) is 6.39. The third kappa shape index (κ3) is 3.45. The summed E-state index contributed by atoms with van der Waals surface area (Å²) in [5.41, 5.74) is 0.925. The molecule has 3 amide bonds. The van der Waals surface area contributed by atoms with Crippen LogP contribution in [-0.4, -0.2) is 29.2 Å². The van der Waals surface area contributed by atoms with Crippen molar-refractivity contribution in [3.05, 3.63) is 24.3 Å². The number of nitrogens with zero attached hydrogens (tertiary/aromatic N) is 1. The SMILES string of the molecule is CNC(=O)NC(=O)C(C)Sc1nc2ccccc2s1. The number of nitrogens with one attached hydrogen (secondary N) is 2. The van der Waals surface area contributed by atoms with Crippen molar-refractivity contribution in [2.45, 2.75) is 16.5 Å². The topological polar surface area (TPSA) is 71.1 Å². The van der Waals surface area contributed by atoms with Crippen LogP contribution in [0.5, 0.6) is 0 Å². The van der Waals surface area contributed by atoms with Crippen molar-refractivity contribution in [2.24, 2.45) is 0 Å². The van der Waals surface area contributed by atoms with Crippen LogP contribution in [0.15, 0.2) is 28.6 Å². The molecule has 100 valence electrons. The van der Waals surface area contributed by atoms with Crippen molar-refractivity contribution >= 4 is 45.3 Å². The Balaban J connectivity index is 2.03. The maximum atomic E-state index is 11.7. The Bertz CT molecular complexity index is 579. The minimum atomic E-state index is -0.498. The average molecular weight is 295 g/mol.